The van der Waals surface area contributed by atoms with Crippen LogP contribution in [0, 0.1) is 10.8 Å². The van der Waals surface area contributed by atoms with Crippen molar-refractivity contribution in [2.45, 2.75) is 31.9 Å². The molecule has 0 unspecified atom stereocenters. The Hall–Kier alpha value is -0.250. The molecule has 3 aliphatic carbocycles. The van der Waals surface area contributed by atoms with Gasteiger partial charge in [0.25, 0.3) is 0 Å². The molecule has 0 aromatic heterocycles. The van der Waals surface area contributed by atoms with Gasteiger partial charge >= 0.3 is 6.18 Å². The third-order valence-corrected chi connectivity index (χ3v) is 3.42. The molecule has 0 spiro atoms. The summed E-state index contributed by atoms with van der Waals surface area (Å²) in [7, 11) is 0. The zero-order valence-corrected chi connectivity index (χ0v) is 6.75. The third kappa shape index (κ3) is 0.789. The first-order valence-electron chi connectivity index (χ1n) is 4.20. The lowest BCUT2D eigenvalue weighted by molar-refractivity contribution is -0.364. The van der Waals surface area contributed by atoms with Crippen molar-refractivity contribution in [3.05, 3.63) is 0 Å². The molecule has 0 heterocycles. The zero-order valence-electron chi connectivity index (χ0n) is 6.75. The predicted molar refractivity (Wildman–Crippen MR) is 38.4 cm³/mol. The minimum Gasteiger partial charge on any atom is -0.330 e. The lowest BCUT2D eigenvalue weighted by atomic mass is 9.34. The number of nitrogens with two attached hydrogens (primary N) is 1. The van der Waals surface area contributed by atoms with Crippen molar-refractivity contribution in [3.63, 3.8) is 0 Å². The second kappa shape index (κ2) is 1.97. The van der Waals surface area contributed by atoms with Gasteiger partial charge in [-0.1, -0.05) is 0 Å². The maximum Gasteiger partial charge on any atom is 0.394 e. The van der Waals surface area contributed by atoms with Crippen molar-refractivity contribution in [1.82, 2.24) is 0 Å². The average Bonchev–Trinajstić information content (AvgIpc) is 1.70. The van der Waals surface area contributed by atoms with Crippen LogP contribution in [0.15, 0.2) is 0 Å². The number of halogens is 3. The molecule has 0 amide bonds. The fourth-order valence-electron chi connectivity index (χ4n) is 2.87. The normalized spacial score (nSPS) is 45.0. The van der Waals surface area contributed by atoms with Crippen LogP contribution >= 0.6 is 0 Å². The highest BCUT2D eigenvalue weighted by Gasteiger charge is 2.77. The molecule has 3 rings (SSSR count). The molecule has 0 radical (unpaired) electrons. The van der Waals surface area contributed by atoms with E-state index in [4.69, 9.17) is 5.73 Å². The maximum atomic E-state index is 12.3. The Bertz CT molecular complexity index is 189. The molecular formula is C8H12F3N. The molecular weight excluding hydrogens is 167 g/mol. The second-order valence-electron chi connectivity index (χ2n) is 4.35. The van der Waals surface area contributed by atoms with Crippen LogP contribution in [0.3, 0.4) is 0 Å². The predicted octanol–water partition coefficient (Wildman–Crippen LogP) is 2.07. The molecule has 3 aliphatic rings. The highest BCUT2D eigenvalue weighted by Crippen LogP contribution is 2.79. The molecule has 2 bridgehead atoms. The van der Waals surface area contributed by atoms with Crippen molar-refractivity contribution in [2.24, 2.45) is 16.6 Å². The summed E-state index contributed by atoms with van der Waals surface area (Å²) < 4.78 is 36.9. The summed E-state index contributed by atoms with van der Waals surface area (Å²) in [5, 5.41) is 0. The quantitative estimate of drug-likeness (QED) is 0.690. The van der Waals surface area contributed by atoms with Gasteiger partial charge in [0.1, 0.15) is 0 Å². The van der Waals surface area contributed by atoms with Gasteiger partial charge in [0.15, 0.2) is 0 Å². The van der Waals surface area contributed by atoms with E-state index < -0.39 is 11.6 Å². The maximum absolute atomic E-state index is 12.3. The van der Waals surface area contributed by atoms with Crippen LogP contribution in [-0.2, 0) is 0 Å². The molecule has 0 atom stereocenters. The zero-order chi connectivity index (χ0) is 9.04. The topological polar surface area (TPSA) is 26.0 Å². The Kier molecular flexibility index (Phi) is 1.37. The Labute approximate surface area is 69.1 Å². The van der Waals surface area contributed by atoms with Crippen molar-refractivity contribution in [3.8, 4) is 0 Å². The van der Waals surface area contributed by atoms with Gasteiger partial charge < -0.3 is 5.73 Å². The van der Waals surface area contributed by atoms with Gasteiger partial charge in [-0.3, -0.25) is 0 Å². The van der Waals surface area contributed by atoms with E-state index in [1.54, 1.807) is 0 Å². The molecule has 1 nitrogen and oxygen atoms in total. The second-order valence-corrected chi connectivity index (χ2v) is 4.35. The van der Waals surface area contributed by atoms with E-state index in [-0.39, 0.29) is 5.41 Å². The Morgan fingerprint density at radius 1 is 1.17 bits per heavy atom. The van der Waals surface area contributed by atoms with Crippen LogP contribution in [-0.4, -0.2) is 12.7 Å². The monoisotopic (exact) mass is 179 g/mol. The van der Waals surface area contributed by atoms with Gasteiger partial charge in [-0.2, -0.15) is 13.2 Å². The van der Waals surface area contributed by atoms with Crippen LogP contribution in [0.4, 0.5) is 13.2 Å². The summed E-state index contributed by atoms with van der Waals surface area (Å²) in [5.41, 5.74) is 4.02. The van der Waals surface area contributed by atoms with Crippen LogP contribution < -0.4 is 5.73 Å². The van der Waals surface area contributed by atoms with Gasteiger partial charge in [-0.15, -0.1) is 0 Å². The summed E-state index contributed by atoms with van der Waals surface area (Å²) in [5.74, 6) is 0. The molecule has 12 heavy (non-hydrogen) atoms. The molecule has 4 heteroatoms. The summed E-state index contributed by atoms with van der Waals surface area (Å²) in [4.78, 5) is 0. The van der Waals surface area contributed by atoms with Gasteiger partial charge in [-0.25, -0.2) is 0 Å². The highest BCUT2D eigenvalue weighted by atomic mass is 19.4. The van der Waals surface area contributed by atoms with E-state index >= 15 is 0 Å². The number of hydrogen-bond acceptors (Lipinski definition) is 1. The summed E-state index contributed by atoms with van der Waals surface area (Å²) in [6, 6.07) is 0. The Morgan fingerprint density at radius 2 is 1.67 bits per heavy atom. The number of hydrogen-bond donors (Lipinski definition) is 1. The van der Waals surface area contributed by atoms with E-state index in [2.05, 4.69) is 0 Å². The Morgan fingerprint density at radius 3 is 2.00 bits per heavy atom. The highest BCUT2D eigenvalue weighted by molar-refractivity contribution is 5.19. The molecule has 0 aromatic carbocycles. The summed E-state index contributed by atoms with van der Waals surface area (Å²) in [6.45, 7) is 0.522. The lowest BCUT2D eigenvalue weighted by Gasteiger charge is -2.71. The number of alkyl halides is 3. The van der Waals surface area contributed by atoms with E-state index in [9.17, 15) is 13.2 Å². The average molecular weight is 179 g/mol. The molecule has 3 saturated carbocycles. The van der Waals surface area contributed by atoms with Crippen molar-refractivity contribution < 1.29 is 13.2 Å². The first-order chi connectivity index (χ1) is 5.43. The number of rotatable bonds is 2. The van der Waals surface area contributed by atoms with Crippen molar-refractivity contribution in [1.29, 1.82) is 0 Å². The molecule has 0 aromatic rings. The SMILES string of the molecule is NCCC12CC(C(F)(F)F)(C1)C2. The molecule has 70 valence electrons. The molecule has 3 fully saturated rings. The van der Waals surface area contributed by atoms with Gasteiger partial charge in [-0.05, 0) is 37.6 Å². The van der Waals surface area contributed by atoms with E-state index in [0.717, 1.165) is 6.42 Å². The van der Waals surface area contributed by atoms with E-state index in [0.29, 0.717) is 25.8 Å². The smallest absolute Gasteiger partial charge is 0.330 e. The van der Waals surface area contributed by atoms with E-state index in [1.807, 2.05) is 0 Å². The fraction of sp³-hybridized carbons (Fsp3) is 1.00. The third-order valence-electron chi connectivity index (χ3n) is 3.42. The first kappa shape index (κ1) is 8.35. The Balaban J connectivity index is 1.95. The van der Waals surface area contributed by atoms with Crippen molar-refractivity contribution in [2.75, 3.05) is 6.54 Å². The molecule has 0 saturated heterocycles. The van der Waals surface area contributed by atoms with Gasteiger partial charge in [0.05, 0.1) is 5.41 Å². The largest absolute Gasteiger partial charge is 0.394 e. The van der Waals surface area contributed by atoms with E-state index in [1.165, 1.54) is 0 Å². The minimum atomic E-state index is -3.97. The van der Waals surface area contributed by atoms with Crippen LogP contribution in [0.5, 0.6) is 0 Å². The minimum absolute atomic E-state index is 0.00965. The molecule has 0 aliphatic heterocycles. The van der Waals surface area contributed by atoms with Crippen molar-refractivity contribution >= 4 is 0 Å². The molecule has 2 N–H and O–H groups in total. The lowest BCUT2D eigenvalue weighted by Crippen LogP contribution is -2.68. The fourth-order valence-corrected chi connectivity index (χ4v) is 2.87. The standard InChI is InChI=1S/C8H12F3N/c9-8(10,11)7-3-6(4-7,5-7)1-2-12/h1-5,12H2. The van der Waals surface area contributed by atoms with Gasteiger partial charge in [0.2, 0.25) is 0 Å². The first-order valence-corrected chi connectivity index (χ1v) is 4.20. The van der Waals surface area contributed by atoms with Crippen LogP contribution in [0.1, 0.15) is 25.7 Å². The summed E-state index contributed by atoms with van der Waals surface area (Å²) in [6.07, 6.45) is -2.20. The van der Waals surface area contributed by atoms with Gasteiger partial charge in [0, 0.05) is 0 Å². The van der Waals surface area contributed by atoms with Crippen LogP contribution in [0.25, 0.3) is 0 Å². The summed E-state index contributed by atoms with van der Waals surface area (Å²) >= 11 is 0. The van der Waals surface area contributed by atoms with Crippen LogP contribution in [0.2, 0.25) is 0 Å².